The number of carbonyl (C=O) groups excluding carboxylic acids is 1. The van der Waals surface area contributed by atoms with Crippen LogP contribution in [0, 0.1) is 20.8 Å². The number of aromatic nitrogens is 1. The first kappa shape index (κ1) is 22.8. The van der Waals surface area contributed by atoms with Gasteiger partial charge in [0.1, 0.15) is 0 Å². The molecule has 1 aliphatic rings. The summed E-state index contributed by atoms with van der Waals surface area (Å²) in [6.07, 6.45) is 1.82. The molecular weight excluding hydrogens is 442 g/mol. The Kier molecular flexibility index (Phi) is 6.55. The Morgan fingerprint density at radius 3 is 2.41 bits per heavy atom. The zero-order chi connectivity index (χ0) is 22.9. The molecule has 168 valence electrons. The van der Waals surface area contributed by atoms with E-state index in [1.807, 2.05) is 45.0 Å². The summed E-state index contributed by atoms with van der Waals surface area (Å²) < 4.78 is 27.3. The van der Waals surface area contributed by atoms with E-state index in [4.69, 9.17) is 0 Å². The third kappa shape index (κ3) is 4.67. The van der Waals surface area contributed by atoms with Crippen molar-refractivity contribution >= 4 is 44.3 Å². The standard InChI is InChI=1S/C24H27N3O3S2/c1-16-7-6-8-17(2)24(16)26-22(28)15-31-23-13-18(3)20-14-19(9-10-21(20)25-23)32(29,30)27-11-4-5-12-27/h6-10,13-14H,4-5,11-12,15H2,1-3H3,(H,26,28). The van der Waals surface area contributed by atoms with E-state index >= 15 is 0 Å². The molecule has 6 nitrogen and oxygen atoms in total. The van der Waals surface area contributed by atoms with Gasteiger partial charge in [-0.25, -0.2) is 13.4 Å². The Morgan fingerprint density at radius 2 is 1.72 bits per heavy atom. The number of sulfonamides is 1. The van der Waals surface area contributed by atoms with E-state index in [1.54, 1.807) is 22.5 Å². The van der Waals surface area contributed by atoms with Crippen LogP contribution >= 0.6 is 11.8 Å². The van der Waals surface area contributed by atoms with Crippen LogP contribution in [0.15, 0.2) is 52.4 Å². The minimum Gasteiger partial charge on any atom is -0.325 e. The average Bonchev–Trinajstić information content (AvgIpc) is 3.31. The molecule has 1 fully saturated rings. The topological polar surface area (TPSA) is 79.4 Å². The van der Waals surface area contributed by atoms with Gasteiger partial charge in [-0.2, -0.15) is 4.31 Å². The van der Waals surface area contributed by atoms with E-state index in [-0.39, 0.29) is 11.7 Å². The molecule has 0 spiro atoms. The molecule has 0 unspecified atom stereocenters. The molecule has 0 radical (unpaired) electrons. The highest BCUT2D eigenvalue weighted by atomic mass is 32.2. The zero-order valence-corrected chi connectivity index (χ0v) is 20.1. The molecule has 0 atom stereocenters. The van der Waals surface area contributed by atoms with Crippen LogP contribution in [0.4, 0.5) is 5.69 Å². The summed E-state index contributed by atoms with van der Waals surface area (Å²) in [4.78, 5) is 17.4. The van der Waals surface area contributed by atoms with Gasteiger partial charge in [0.05, 0.1) is 21.2 Å². The van der Waals surface area contributed by atoms with E-state index in [0.29, 0.717) is 18.0 Å². The lowest BCUT2D eigenvalue weighted by Crippen LogP contribution is -2.27. The van der Waals surface area contributed by atoms with E-state index in [1.165, 1.54) is 11.8 Å². The molecule has 32 heavy (non-hydrogen) atoms. The highest BCUT2D eigenvalue weighted by molar-refractivity contribution is 7.99. The summed E-state index contributed by atoms with van der Waals surface area (Å²) >= 11 is 1.37. The van der Waals surface area contributed by atoms with Crippen molar-refractivity contribution in [1.82, 2.24) is 9.29 Å². The summed E-state index contributed by atoms with van der Waals surface area (Å²) in [5.74, 6) is 0.159. The van der Waals surface area contributed by atoms with E-state index < -0.39 is 10.0 Å². The molecule has 1 amide bonds. The van der Waals surface area contributed by atoms with Crippen molar-refractivity contribution < 1.29 is 13.2 Å². The fourth-order valence-electron chi connectivity index (χ4n) is 3.98. The van der Waals surface area contributed by atoms with Gasteiger partial charge in [0.2, 0.25) is 15.9 Å². The van der Waals surface area contributed by atoms with Crippen molar-refractivity contribution in [2.75, 3.05) is 24.2 Å². The van der Waals surface area contributed by atoms with Crippen molar-refractivity contribution in [2.45, 2.75) is 43.5 Å². The van der Waals surface area contributed by atoms with Crippen LogP contribution in [-0.4, -0.2) is 42.5 Å². The van der Waals surface area contributed by atoms with Gasteiger partial charge in [0, 0.05) is 24.2 Å². The highest BCUT2D eigenvalue weighted by Crippen LogP contribution is 2.28. The first-order valence-electron chi connectivity index (χ1n) is 10.7. The van der Waals surface area contributed by atoms with Gasteiger partial charge in [-0.15, -0.1) is 0 Å². The van der Waals surface area contributed by atoms with Gasteiger partial charge < -0.3 is 5.32 Å². The number of hydrogen-bond donors (Lipinski definition) is 1. The summed E-state index contributed by atoms with van der Waals surface area (Å²) in [7, 11) is -3.47. The van der Waals surface area contributed by atoms with Gasteiger partial charge >= 0.3 is 0 Å². The third-order valence-electron chi connectivity index (χ3n) is 5.76. The number of anilines is 1. The van der Waals surface area contributed by atoms with E-state index in [9.17, 15) is 13.2 Å². The van der Waals surface area contributed by atoms with Crippen LogP contribution in [0.2, 0.25) is 0 Å². The van der Waals surface area contributed by atoms with Crippen molar-refractivity contribution in [2.24, 2.45) is 0 Å². The summed E-state index contributed by atoms with van der Waals surface area (Å²) in [5.41, 5.74) is 4.58. The Bertz CT molecular complexity index is 1260. The molecule has 1 aromatic heterocycles. The number of aryl methyl sites for hydroxylation is 3. The van der Waals surface area contributed by atoms with Crippen LogP contribution in [0.25, 0.3) is 10.9 Å². The Morgan fingerprint density at radius 1 is 1.03 bits per heavy atom. The molecule has 0 aliphatic carbocycles. The number of hydrogen-bond acceptors (Lipinski definition) is 5. The van der Waals surface area contributed by atoms with Crippen LogP contribution in [0.5, 0.6) is 0 Å². The quantitative estimate of drug-likeness (QED) is 0.531. The fraction of sp³-hybridized carbons (Fsp3) is 0.333. The second kappa shape index (κ2) is 9.21. The Hall–Kier alpha value is -2.42. The second-order valence-electron chi connectivity index (χ2n) is 8.17. The molecular formula is C24H27N3O3S2. The summed E-state index contributed by atoms with van der Waals surface area (Å²) in [6.45, 7) is 7.05. The first-order chi connectivity index (χ1) is 15.3. The number of amides is 1. The largest absolute Gasteiger partial charge is 0.325 e. The average molecular weight is 470 g/mol. The number of rotatable bonds is 6. The van der Waals surface area contributed by atoms with Crippen LogP contribution < -0.4 is 5.32 Å². The van der Waals surface area contributed by atoms with Crippen molar-refractivity contribution in [3.8, 4) is 0 Å². The maximum absolute atomic E-state index is 12.9. The number of benzene rings is 2. The smallest absolute Gasteiger partial charge is 0.243 e. The third-order valence-corrected chi connectivity index (χ3v) is 8.57. The number of carbonyl (C=O) groups is 1. The second-order valence-corrected chi connectivity index (χ2v) is 11.1. The molecule has 1 N–H and O–H groups in total. The number of nitrogens with one attached hydrogen (secondary N) is 1. The number of pyridine rings is 1. The zero-order valence-electron chi connectivity index (χ0n) is 18.5. The predicted octanol–water partition coefficient (Wildman–Crippen LogP) is 4.68. The molecule has 1 aliphatic heterocycles. The van der Waals surface area contributed by atoms with Crippen LogP contribution in [0.3, 0.4) is 0 Å². The molecule has 1 saturated heterocycles. The van der Waals surface area contributed by atoms with Gasteiger partial charge in [-0.1, -0.05) is 30.0 Å². The van der Waals surface area contributed by atoms with Crippen molar-refractivity contribution in [3.05, 3.63) is 59.2 Å². The molecule has 2 heterocycles. The number of para-hydroxylation sites is 1. The minimum atomic E-state index is -3.47. The maximum Gasteiger partial charge on any atom is 0.243 e. The van der Waals surface area contributed by atoms with Gasteiger partial charge in [0.25, 0.3) is 0 Å². The normalized spacial score (nSPS) is 14.7. The lowest BCUT2D eigenvalue weighted by atomic mass is 10.1. The van der Waals surface area contributed by atoms with E-state index in [2.05, 4.69) is 10.3 Å². The van der Waals surface area contributed by atoms with Crippen molar-refractivity contribution in [1.29, 1.82) is 0 Å². The molecule has 0 bridgehead atoms. The minimum absolute atomic E-state index is 0.0843. The molecule has 3 aromatic rings. The molecule has 4 rings (SSSR count). The molecule has 2 aromatic carbocycles. The Balaban J connectivity index is 1.50. The summed E-state index contributed by atoms with van der Waals surface area (Å²) in [5, 5.41) is 4.54. The monoisotopic (exact) mass is 469 g/mol. The van der Waals surface area contributed by atoms with E-state index in [0.717, 1.165) is 51.1 Å². The predicted molar refractivity (Wildman–Crippen MR) is 130 cm³/mol. The highest BCUT2D eigenvalue weighted by Gasteiger charge is 2.27. The van der Waals surface area contributed by atoms with Gasteiger partial charge in [0.15, 0.2) is 0 Å². The van der Waals surface area contributed by atoms with Gasteiger partial charge in [-0.05, 0) is 74.6 Å². The van der Waals surface area contributed by atoms with Gasteiger partial charge in [-0.3, -0.25) is 4.79 Å². The SMILES string of the molecule is Cc1cccc(C)c1NC(=O)CSc1cc(C)c2cc(S(=O)(=O)N3CCCC3)ccc2n1. The number of nitrogens with zero attached hydrogens (tertiary/aromatic N) is 2. The lowest BCUT2D eigenvalue weighted by Gasteiger charge is -2.16. The molecule has 8 heteroatoms. The Labute approximate surface area is 193 Å². The fourth-order valence-corrected chi connectivity index (χ4v) is 6.30. The van der Waals surface area contributed by atoms with Crippen LogP contribution in [-0.2, 0) is 14.8 Å². The lowest BCUT2D eigenvalue weighted by molar-refractivity contribution is -0.113. The maximum atomic E-state index is 12.9. The number of thioether (sulfide) groups is 1. The first-order valence-corrected chi connectivity index (χ1v) is 13.1. The molecule has 0 saturated carbocycles. The van der Waals surface area contributed by atoms with Crippen LogP contribution in [0.1, 0.15) is 29.5 Å². The van der Waals surface area contributed by atoms with Crippen molar-refractivity contribution in [3.63, 3.8) is 0 Å². The summed E-state index contributed by atoms with van der Waals surface area (Å²) in [6, 6.07) is 12.9. The number of fused-ring (bicyclic) bond motifs is 1.